The predicted molar refractivity (Wildman–Crippen MR) is 175 cm³/mol. The fourth-order valence-corrected chi connectivity index (χ4v) is 8.00. The lowest BCUT2D eigenvalue weighted by molar-refractivity contribution is -0.141. The third-order valence-electron chi connectivity index (χ3n) is 9.80. The Hall–Kier alpha value is -3.28. The highest BCUT2D eigenvalue weighted by molar-refractivity contribution is 7.13. The summed E-state index contributed by atoms with van der Waals surface area (Å²) in [7, 11) is 0. The second-order valence-corrected chi connectivity index (χ2v) is 14.4. The zero-order valence-electron chi connectivity index (χ0n) is 26.7. The zero-order chi connectivity index (χ0) is 31.7. The van der Waals surface area contributed by atoms with Gasteiger partial charge in [0.15, 0.2) is 11.6 Å². The summed E-state index contributed by atoms with van der Waals surface area (Å²) in [5.41, 5.74) is 4.89. The van der Waals surface area contributed by atoms with E-state index in [1.165, 1.54) is 24.2 Å². The van der Waals surface area contributed by atoms with Crippen LogP contribution in [0, 0.1) is 24.7 Å². The minimum absolute atomic E-state index is 0.0802. The van der Waals surface area contributed by atoms with Gasteiger partial charge >= 0.3 is 0 Å². The molecule has 0 spiro atoms. The molecule has 11 heteroatoms. The minimum Gasteiger partial charge on any atom is -0.391 e. The number of carbonyl (C=O) groups excluding carboxylic acids is 2. The summed E-state index contributed by atoms with van der Waals surface area (Å²) in [6.45, 7) is 12.2. The van der Waals surface area contributed by atoms with Crippen LogP contribution in [0.1, 0.15) is 75.4 Å². The number of rotatable bonds is 10. The normalized spacial score (nSPS) is 22.4. The maximum absolute atomic E-state index is 14.0. The first-order valence-corrected chi connectivity index (χ1v) is 17.3. The molecule has 2 aromatic heterocycles. The average molecular weight is 635 g/mol. The lowest BCUT2D eigenvalue weighted by atomic mass is 9.84. The van der Waals surface area contributed by atoms with Gasteiger partial charge in [-0.05, 0) is 75.1 Å². The van der Waals surface area contributed by atoms with E-state index in [-0.39, 0.29) is 36.7 Å². The molecule has 3 fully saturated rings. The van der Waals surface area contributed by atoms with Crippen LogP contribution in [-0.4, -0.2) is 76.8 Å². The van der Waals surface area contributed by atoms with Crippen LogP contribution in [-0.2, 0) is 9.59 Å². The van der Waals surface area contributed by atoms with Crippen molar-refractivity contribution >= 4 is 29.0 Å². The molecule has 0 aliphatic carbocycles. The number of benzene rings is 1. The smallest absolute Gasteiger partial charge is 0.243 e. The van der Waals surface area contributed by atoms with E-state index in [2.05, 4.69) is 25.7 Å². The Labute approximate surface area is 269 Å². The number of nitrogens with zero attached hydrogens (tertiary/aromatic N) is 4. The summed E-state index contributed by atoms with van der Waals surface area (Å²) in [6.07, 6.45) is 3.21. The molecule has 3 aliphatic rings. The summed E-state index contributed by atoms with van der Waals surface area (Å²) in [5.74, 6) is 1.59. The van der Waals surface area contributed by atoms with Crippen molar-refractivity contribution in [2.75, 3.05) is 37.6 Å². The number of aromatic nitrogens is 2. The van der Waals surface area contributed by atoms with E-state index in [1.807, 2.05) is 63.5 Å². The molecule has 2 unspecified atom stereocenters. The highest BCUT2D eigenvalue weighted by Gasteiger charge is 2.44. The number of piperidine rings is 1. The van der Waals surface area contributed by atoms with Gasteiger partial charge in [-0.1, -0.05) is 43.3 Å². The number of anilines is 1. The number of hydrogen-bond donors (Lipinski definition) is 3. The van der Waals surface area contributed by atoms with E-state index in [0.29, 0.717) is 11.7 Å². The van der Waals surface area contributed by atoms with E-state index >= 15 is 0 Å². The van der Waals surface area contributed by atoms with Crippen molar-refractivity contribution in [1.82, 2.24) is 25.7 Å². The number of hydrogen-bond acceptors (Lipinski definition) is 9. The molecule has 10 nitrogen and oxygen atoms in total. The van der Waals surface area contributed by atoms with Crippen LogP contribution in [0.2, 0.25) is 0 Å². The molecule has 0 bridgehead atoms. The Kier molecular flexibility index (Phi) is 9.58. The van der Waals surface area contributed by atoms with Crippen LogP contribution < -0.4 is 15.5 Å². The first kappa shape index (κ1) is 31.7. The second-order valence-electron chi connectivity index (χ2n) is 13.5. The molecule has 4 atom stereocenters. The summed E-state index contributed by atoms with van der Waals surface area (Å²) < 4.78 is 5.79. The standard InChI is InChI=1S/C34H46N6O4S/c1-20(2)31(29-15-30(38-44-29)39-16-24(17-39)13-23-9-11-35-12-10-23)34(43)40-18-27(41)14-28(40)33(42)37-21(3)25-5-7-26(8-6-25)32-22(4)36-19-45-32/h5-8,15,19-21,23-24,27-28,31,35,41H,9-14,16-18H2,1-4H3,(H,37,42)/t21?,27-,28+,31?/m1/s1. The van der Waals surface area contributed by atoms with Crippen LogP contribution in [0.25, 0.3) is 10.4 Å². The Balaban J connectivity index is 1.08. The van der Waals surface area contributed by atoms with Gasteiger partial charge in [0.05, 0.1) is 28.2 Å². The first-order valence-electron chi connectivity index (χ1n) is 16.4. The maximum Gasteiger partial charge on any atom is 0.243 e. The number of aryl methyl sites for hydroxylation is 1. The lowest BCUT2D eigenvalue weighted by Gasteiger charge is -2.41. The SMILES string of the molecule is Cc1ncsc1-c1ccc(C(C)NC(=O)[C@@H]2C[C@@H](O)CN2C(=O)C(c2cc(N3CC(CC4CCNCC4)C3)no2)C(C)C)cc1. The molecule has 6 rings (SSSR count). The van der Waals surface area contributed by atoms with Gasteiger partial charge in [-0.15, -0.1) is 11.3 Å². The van der Waals surface area contributed by atoms with E-state index in [9.17, 15) is 14.7 Å². The molecule has 3 N–H and O–H groups in total. The molecule has 1 aromatic carbocycles. The molecule has 45 heavy (non-hydrogen) atoms. The van der Waals surface area contributed by atoms with Gasteiger partial charge in [-0.2, -0.15) is 0 Å². The quantitative estimate of drug-likeness (QED) is 0.298. The molecule has 2 amide bonds. The minimum atomic E-state index is -0.766. The maximum atomic E-state index is 14.0. The third-order valence-corrected chi connectivity index (χ3v) is 10.8. The average Bonchev–Trinajstić information content (AvgIpc) is 3.75. The molecule has 5 heterocycles. The van der Waals surface area contributed by atoms with Crippen LogP contribution in [0.15, 0.2) is 40.4 Å². The molecule has 0 radical (unpaired) electrons. The fourth-order valence-electron chi connectivity index (χ4n) is 7.18. The van der Waals surface area contributed by atoms with Gasteiger partial charge in [0.1, 0.15) is 12.0 Å². The number of thiazole rings is 1. The Morgan fingerprint density at radius 1 is 1.11 bits per heavy atom. The number of likely N-dealkylation sites (tertiary alicyclic amines) is 1. The van der Waals surface area contributed by atoms with E-state index in [0.717, 1.165) is 59.6 Å². The Morgan fingerprint density at radius 2 is 1.84 bits per heavy atom. The molecular formula is C34H46N6O4S. The Bertz CT molecular complexity index is 1460. The summed E-state index contributed by atoms with van der Waals surface area (Å²) >= 11 is 1.61. The van der Waals surface area contributed by atoms with E-state index in [4.69, 9.17) is 4.52 Å². The van der Waals surface area contributed by atoms with Gasteiger partial charge in [0, 0.05) is 32.1 Å². The topological polar surface area (TPSA) is 124 Å². The van der Waals surface area contributed by atoms with Crippen molar-refractivity contribution in [2.24, 2.45) is 17.8 Å². The predicted octanol–water partition coefficient (Wildman–Crippen LogP) is 4.51. The second kappa shape index (κ2) is 13.6. The summed E-state index contributed by atoms with van der Waals surface area (Å²) in [5, 5.41) is 21.5. The highest BCUT2D eigenvalue weighted by atomic mass is 32.1. The number of aliphatic hydroxyl groups excluding tert-OH is 1. The summed E-state index contributed by atoms with van der Waals surface area (Å²) in [4.78, 5) is 36.8. The third kappa shape index (κ3) is 6.95. The highest BCUT2D eigenvalue weighted by Crippen LogP contribution is 2.36. The number of β-amino-alcohol motifs (C(OH)–C–C–N with tert-alkyl or cyclic N) is 1. The number of aliphatic hydroxyl groups is 1. The Morgan fingerprint density at radius 3 is 2.51 bits per heavy atom. The van der Waals surface area contributed by atoms with Gasteiger partial charge in [-0.3, -0.25) is 9.59 Å². The van der Waals surface area contributed by atoms with E-state index in [1.54, 1.807) is 11.3 Å². The van der Waals surface area contributed by atoms with Crippen molar-refractivity contribution < 1.29 is 19.2 Å². The van der Waals surface area contributed by atoms with Crippen LogP contribution in [0.4, 0.5) is 5.82 Å². The monoisotopic (exact) mass is 634 g/mol. The van der Waals surface area contributed by atoms with Crippen molar-refractivity contribution in [2.45, 2.75) is 77.5 Å². The van der Waals surface area contributed by atoms with Crippen molar-refractivity contribution in [3.05, 3.63) is 52.9 Å². The number of carbonyl (C=O) groups is 2. The van der Waals surface area contributed by atoms with Crippen LogP contribution >= 0.6 is 11.3 Å². The largest absolute Gasteiger partial charge is 0.391 e. The number of amides is 2. The fraction of sp³-hybridized carbons (Fsp3) is 0.588. The molecule has 3 saturated heterocycles. The van der Waals surface area contributed by atoms with Crippen molar-refractivity contribution in [3.63, 3.8) is 0 Å². The van der Waals surface area contributed by atoms with Crippen molar-refractivity contribution in [1.29, 1.82) is 0 Å². The van der Waals surface area contributed by atoms with Gasteiger partial charge in [0.2, 0.25) is 11.8 Å². The molecule has 242 valence electrons. The molecular weight excluding hydrogens is 588 g/mol. The van der Waals surface area contributed by atoms with Crippen molar-refractivity contribution in [3.8, 4) is 10.4 Å². The van der Waals surface area contributed by atoms with E-state index < -0.39 is 18.1 Å². The van der Waals surface area contributed by atoms with Crippen LogP contribution in [0.5, 0.6) is 0 Å². The van der Waals surface area contributed by atoms with Gasteiger partial charge in [-0.25, -0.2) is 4.98 Å². The van der Waals surface area contributed by atoms with Gasteiger partial charge in [0.25, 0.3) is 0 Å². The van der Waals surface area contributed by atoms with Gasteiger partial charge < -0.3 is 30.1 Å². The molecule has 3 aromatic rings. The lowest BCUT2D eigenvalue weighted by Crippen LogP contribution is -2.48. The molecule has 3 aliphatic heterocycles. The van der Waals surface area contributed by atoms with Crippen LogP contribution in [0.3, 0.4) is 0 Å². The molecule has 0 saturated carbocycles. The summed E-state index contributed by atoms with van der Waals surface area (Å²) in [6, 6.07) is 8.97. The zero-order valence-corrected chi connectivity index (χ0v) is 27.6. The number of nitrogens with one attached hydrogen (secondary N) is 2. The first-order chi connectivity index (χ1) is 21.7.